The third-order valence-electron chi connectivity index (χ3n) is 2.94. The summed E-state index contributed by atoms with van der Waals surface area (Å²) in [5.41, 5.74) is 0.974. The number of nitriles is 1. The van der Waals surface area contributed by atoms with E-state index in [0.717, 1.165) is 0 Å². The second-order valence-corrected chi connectivity index (χ2v) is 6.59. The van der Waals surface area contributed by atoms with Gasteiger partial charge >= 0.3 is 0 Å². The Morgan fingerprint density at radius 2 is 2.11 bits per heavy atom. The molecule has 98 valence electrons. The zero-order valence-corrected chi connectivity index (χ0v) is 11.6. The number of methoxy groups -OCH3 is 1. The Labute approximate surface area is 108 Å². The molecule has 0 N–H and O–H groups in total. The summed E-state index contributed by atoms with van der Waals surface area (Å²) in [7, 11) is -1.68. The highest BCUT2D eigenvalue weighted by molar-refractivity contribution is 7.91. The van der Waals surface area contributed by atoms with Crippen LogP contribution < -0.4 is 4.74 Å². The zero-order chi connectivity index (χ0) is 13.8. The predicted molar refractivity (Wildman–Crippen MR) is 70.1 cm³/mol. The van der Waals surface area contributed by atoms with Gasteiger partial charge in [-0.05, 0) is 31.0 Å². The highest BCUT2D eigenvalue weighted by atomic mass is 32.2. The lowest BCUT2D eigenvalue weighted by Gasteiger charge is -2.11. The van der Waals surface area contributed by atoms with E-state index in [2.05, 4.69) is 0 Å². The molecule has 4 nitrogen and oxygen atoms in total. The van der Waals surface area contributed by atoms with E-state index in [4.69, 9.17) is 10.00 Å². The normalized spacial score (nSPS) is 12.8. The second-order valence-electron chi connectivity index (χ2n) is 4.17. The molecule has 0 radical (unpaired) electrons. The Kier molecular flexibility index (Phi) is 4.74. The van der Waals surface area contributed by atoms with Crippen molar-refractivity contribution in [2.24, 2.45) is 0 Å². The molecule has 0 heterocycles. The van der Waals surface area contributed by atoms with E-state index in [1.807, 2.05) is 13.0 Å². The number of hydrogen-bond acceptors (Lipinski definition) is 4. The van der Waals surface area contributed by atoms with Crippen molar-refractivity contribution >= 4 is 9.84 Å². The van der Waals surface area contributed by atoms with Crippen molar-refractivity contribution in [3.63, 3.8) is 0 Å². The lowest BCUT2D eigenvalue weighted by molar-refractivity contribution is 0.413. The molecule has 1 aromatic rings. The minimum absolute atomic E-state index is 0.0410. The van der Waals surface area contributed by atoms with E-state index in [-0.39, 0.29) is 11.0 Å². The van der Waals surface area contributed by atoms with E-state index in [1.165, 1.54) is 7.11 Å². The molecule has 0 spiro atoms. The molecule has 5 heteroatoms. The Hall–Kier alpha value is -1.54. The number of ether oxygens (including phenoxy) is 1. The molecule has 1 aromatic carbocycles. The molecule has 1 atom stereocenters. The Bertz CT molecular complexity index is 558. The van der Waals surface area contributed by atoms with Crippen LogP contribution in [0.2, 0.25) is 0 Å². The van der Waals surface area contributed by atoms with Gasteiger partial charge in [-0.1, -0.05) is 13.0 Å². The van der Waals surface area contributed by atoms with Crippen LogP contribution in [0.3, 0.4) is 0 Å². The Morgan fingerprint density at radius 1 is 1.44 bits per heavy atom. The van der Waals surface area contributed by atoms with Gasteiger partial charge in [0.05, 0.1) is 23.7 Å². The van der Waals surface area contributed by atoms with Gasteiger partial charge in [-0.25, -0.2) is 8.42 Å². The van der Waals surface area contributed by atoms with Gasteiger partial charge in [-0.3, -0.25) is 0 Å². The maximum Gasteiger partial charge on any atom is 0.157 e. The number of benzene rings is 1. The molecule has 0 aromatic heterocycles. The number of nitrogens with zero attached hydrogens (tertiary/aromatic N) is 1. The maximum atomic E-state index is 12.0. The van der Waals surface area contributed by atoms with Crippen LogP contribution in [0.5, 0.6) is 5.75 Å². The van der Waals surface area contributed by atoms with Gasteiger partial charge in [0.15, 0.2) is 9.84 Å². The monoisotopic (exact) mass is 267 g/mol. The molecule has 0 saturated heterocycles. The minimum Gasteiger partial charge on any atom is -0.495 e. The van der Waals surface area contributed by atoms with Crippen molar-refractivity contribution in [3.05, 3.63) is 29.3 Å². The number of rotatable bonds is 5. The second kappa shape index (κ2) is 5.87. The number of hydrogen-bond donors (Lipinski definition) is 0. The fourth-order valence-corrected chi connectivity index (χ4v) is 3.00. The number of sulfone groups is 1. The summed E-state index contributed by atoms with van der Waals surface area (Å²) in [6, 6.07) is 6.87. The van der Waals surface area contributed by atoms with Crippen molar-refractivity contribution in [2.75, 3.05) is 7.11 Å². The Balaban J connectivity index is 3.04. The minimum atomic E-state index is -3.16. The van der Waals surface area contributed by atoms with Crippen molar-refractivity contribution in [1.82, 2.24) is 0 Å². The highest BCUT2D eigenvalue weighted by Crippen LogP contribution is 2.21. The summed E-state index contributed by atoms with van der Waals surface area (Å²) >= 11 is 0. The molecule has 0 aliphatic rings. The van der Waals surface area contributed by atoms with Crippen LogP contribution in [0.25, 0.3) is 0 Å². The van der Waals surface area contributed by atoms with Crippen molar-refractivity contribution in [2.45, 2.75) is 31.3 Å². The standard InChI is InChI=1S/C13H17NO3S/c1-4-10(2)18(15,16)9-11-5-6-13(17-3)12(7-11)8-14/h5-7,10H,4,9H2,1-3H3. The van der Waals surface area contributed by atoms with Crippen LogP contribution in [-0.2, 0) is 15.6 Å². The van der Waals surface area contributed by atoms with E-state index >= 15 is 0 Å². The Morgan fingerprint density at radius 3 is 2.61 bits per heavy atom. The van der Waals surface area contributed by atoms with Gasteiger partial charge in [0, 0.05) is 0 Å². The molecule has 0 bridgehead atoms. The molecule has 1 unspecified atom stereocenters. The third kappa shape index (κ3) is 3.23. The van der Waals surface area contributed by atoms with Gasteiger partial charge in [0.1, 0.15) is 11.8 Å². The SMILES string of the molecule is CCC(C)S(=O)(=O)Cc1ccc(OC)c(C#N)c1. The zero-order valence-electron chi connectivity index (χ0n) is 10.8. The molecule has 0 saturated carbocycles. The van der Waals surface area contributed by atoms with Gasteiger partial charge in [0.25, 0.3) is 0 Å². The molecule has 0 aliphatic heterocycles. The molecular formula is C13H17NO3S. The van der Waals surface area contributed by atoms with Crippen LogP contribution in [0, 0.1) is 11.3 Å². The molecule has 0 amide bonds. The topological polar surface area (TPSA) is 67.2 Å². The van der Waals surface area contributed by atoms with Crippen LogP contribution >= 0.6 is 0 Å². The van der Waals surface area contributed by atoms with Crippen LogP contribution in [0.1, 0.15) is 31.4 Å². The summed E-state index contributed by atoms with van der Waals surface area (Å²) in [6.45, 7) is 3.54. The average molecular weight is 267 g/mol. The summed E-state index contributed by atoms with van der Waals surface area (Å²) in [6.07, 6.45) is 0.587. The third-order valence-corrected chi connectivity index (χ3v) is 5.24. The molecule has 18 heavy (non-hydrogen) atoms. The molecule has 0 aliphatic carbocycles. The smallest absolute Gasteiger partial charge is 0.157 e. The maximum absolute atomic E-state index is 12.0. The first-order chi connectivity index (χ1) is 8.44. The average Bonchev–Trinajstić information content (AvgIpc) is 2.36. The summed E-state index contributed by atoms with van der Waals surface area (Å²) in [5, 5.41) is 8.58. The predicted octanol–water partition coefficient (Wildman–Crippen LogP) is 2.28. The van der Waals surface area contributed by atoms with Crippen LogP contribution in [-0.4, -0.2) is 20.8 Å². The van der Waals surface area contributed by atoms with Gasteiger partial charge in [-0.2, -0.15) is 5.26 Å². The summed E-state index contributed by atoms with van der Waals surface area (Å²) in [4.78, 5) is 0. The lowest BCUT2D eigenvalue weighted by Crippen LogP contribution is -2.18. The fourth-order valence-electron chi connectivity index (χ4n) is 1.56. The van der Waals surface area contributed by atoms with E-state index in [1.54, 1.807) is 25.1 Å². The first-order valence-electron chi connectivity index (χ1n) is 5.73. The largest absolute Gasteiger partial charge is 0.495 e. The van der Waals surface area contributed by atoms with Crippen molar-refractivity contribution < 1.29 is 13.2 Å². The van der Waals surface area contributed by atoms with Crippen molar-refractivity contribution in [1.29, 1.82) is 5.26 Å². The van der Waals surface area contributed by atoms with E-state index in [9.17, 15) is 8.42 Å². The van der Waals surface area contributed by atoms with Gasteiger partial charge in [0.2, 0.25) is 0 Å². The first-order valence-corrected chi connectivity index (χ1v) is 7.44. The highest BCUT2D eigenvalue weighted by Gasteiger charge is 2.20. The molecule has 1 rings (SSSR count). The van der Waals surface area contributed by atoms with Gasteiger partial charge in [-0.15, -0.1) is 0 Å². The van der Waals surface area contributed by atoms with Crippen LogP contribution in [0.4, 0.5) is 0 Å². The van der Waals surface area contributed by atoms with Gasteiger partial charge < -0.3 is 4.74 Å². The summed E-state index contributed by atoms with van der Waals surface area (Å²) < 4.78 is 29.0. The van der Waals surface area contributed by atoms with E-state index < -0.39 is 9.84 Å². The quantitative estimate of drug-likeness (QED) is 0.820. The molecule has 0 fully saturated rings. The fraction of sp³-hybridized carbons (Fsp3) is 0.462. The summed E-state index contributed by atoms with van der Waals surface area (Å²) in [5.74, 6) is 0.419. The van der Waals surface area contributed by atoms with Crippen molar-refractivity contribution in [3.8, 4) is 11.8 Å². The van der Waals surface area contributed by atoms with E-state index in [0.29, 0.717) is 23.3 Å². The van der Waals surface area contributed by atoms with Crippen LogP contribution in [0.15, 0.2) is 18.2 Å². The molecular weight excluding hydrogens is 250 g/mol. The first kappa shape index (κ1) is 14.5. The lowest BCUT2D eigenvalue weighted by atomic mass is 10.1.